The van der Waals surface area contributed by atoms with E-state index in [1.165, 1.54) is 0 Å². The molecule has 0 bridgehead atoms. The second-order valence-electron chi connectivity index (χ2n) is 2.84. The second-order valence-corrected chi connectivity index (χ2v) is 2.84. The Morgan fingerprint density at radius 3 is 2.33 bits per heavy atom. The van der Waals surface area contributed by atoms with Crippen LogP contribution in [0.25, 0.3) is 0 Å². The van der Waals surface area contributed by atoms with E-state index in [0.717, 1.165) is 0 Å². The lowest BCUT2D eigenvalue weighted by molar-refractivity contribution is -0.521. The van der Waals surface area contributed by atoms with Gasteiger partial charge in [-0.25, -0.2) is 0 Å². The van der Waals surface area contributed by atoms with Crippen molar-refractivity contribution in [1.82, 2.24) is 0 Å². The van der Waals surface area contributed by atoms with Gasteiger partial charge in [0.1, 0.15) is 6.04 Å². The zero-order valence-electron chi connectivity index (χ0n) is 7.87. The highest BCUT2D eigenvalue weighted by molar-refractivity contribution is 5.75. The number of nitrogens with two attached hydrogens (primary N) is 3. The fourth-order valence-electron chi connectivity index (χ4n) is 0.841. The number of carbonyl (C=O) groups is 1. The normalized spacial score (nSPS) is 13.9. The highest BCUT2D eigenvalue weighted by atomic mass is 16.6. The molecule has 0 aliphatic carbocycles. The van der Waals surface area contributed by atoms with E-state index in [4.69, 9.17) is 22.3 Å². The lowest BCUT2D eigenvalue weighted by Gasteiger charge is -2.07. The van der Waals surface area contributed by atoms with Crippen molar-refractivity contribution in [1.29, 1.82) is 0 Å². The molecular weight excluding hydrogens is 206 g/mol. The first kappa shape index (κ1) is 13.1. The molecule has 2 atom stereocenters. The van der Waals surface area contributed by atoms with Gasteiger partial charge >= 0.3 is 12.1 Å². The van der Waals surface area contributed by atoms with Gasteiger partial charge in [0.2, 0.25) is 0 Å². The molecule has 1 unspecified atom stereocenters. The summed E-state index contributed by atoms with van der Waals surface area (Å²) in [6.45, 7) is 0. The molecule has 0 rings (SSSR count). The number of hydrogen-bond donors (Lipinski definition) is 4. The summed E-state index contributed by atoms with van der Waals surface area (Å²) in [4.78, 5) is 23.4. The monoisotopic (exact) mass is 219 g/mol. The summed E-state index contributed by atoms with van der Waals surface area (Å²) in [5, 5.41) is 18.9. The molecular formula is C6H13N5O4. The summed E-state index contributed by atoms with van der Waals surface area (Å²) in [6.07, 6.45) is -1.55. The van der Waals surface area contributed by atoms with Gasteiger partial charge in [-0.3, -0.25) is 14.9 Å². The molecule has 0 saturated heterocycles. The number of guanidine groups is 1. The summed E-state index contributed by atoms with van der Waals surface area (Å²) in [6, 6.07) is -1.15. The molecule has 0 aliphatic rings. The maximum atomic E-state index is 10.4. The van der Waals surface area contributed by atoms with Crippen LogP contribution in [-0.4, -0.2) is 34.2 Å². The molecule has 0 aliphatic heterocycles. The van der Waals surface area contributed by atoms with Crippen molar-refractivity contribution < 1.29 is 14.8 Å². The first-order valence-electron chi connectivity index (χ1n) is 4.05. The van der Waals surface area contributed by atoms with Crippen molar-refractivity contribution >= 4 is 11.9 Å². The van der Waals surface area contributed by atoms with E-state index in [1.807, 2.05) is 0 Å². The lowest BCUT2D eigenvalue weighted by Crippen LogP contribution is -2.33. The van der Waals surface area contributed by atoms with Gasteiger partial charge in [0.15, 0.2) is 5.96 Å². The molecule has 86 valence electrons. The van der Waals surface area contributed by atoms with E-state index in [2.05, 4.69) is 4.99 Å². The lowest BCUT2D eigenvalue weighted by atomic mass is 10.1. The number of nitrogens with zero attached hydrogens (tertiary/aromatic N) is 2. The third-order valence-corrected chi connectivity index (χ3v) is 1.59. The molecule has 9 nitrogen and oxygen atoms in total. The number of rotatable bonds is 6. The third kappa shape index (κ3) is 5.41. The van der Waals surface area contributed by atoms with Crippen LogP contribution in [0.5, 0.6) is 0 Å². The fourth-order valence-corrected chi connectivity index (χ4v) is 0.841. The van der Waals surface area contributed by atoms with E-state index >= 15 is 0 Å². The largest absolute Gasteiger partial charge is 0.480 e. The Labute approximate surface area is 85.1 Å². The Morgan fingerprint density at radius 1 is 1.47 bits per heavy atom. The average molecular weight is 219 g/mol. The molecule has 0 spiro atoms. The summed E-state index contributed by atoms with van der Waals surface area (Å²) < 4.78 is 0. The minimum absolute atomic E-state index is 0.0717. The van der Waals surface area contributed by atoms with E-state index in [9.17, 15) is 14.9 Å². The smallest absolute Gasteiger partial charge is 0.320 e. The summed E-state index contributed by atoms with van der Waals surface area (Å²) >= 11 is 0. The van der Waals surface area contributed by atoms with Crippen LogP contribution in [0.15, 0.2) is 4.99 Å². The van der Waals surface area contributed by atoms with Crippen molar-refractivity contribution in [2.45, 2.75) is 25.0 Å². The van der Waals surface area contributed by atoms with Crippen LogP contribution in [0, 0.1) is 10.1 Å². The Bertz CT molecular complexity index is 275. The van der Waals surface area contributed by atoms with Crippen LogP contribution in [0.1, 0.15) is 12.8 Å². The molecule has 0 aromatic carbocycles. The van der Waals surface area contributed by atoms with E-state index < -0.39 is 29.1 Å². The highest BCUT2D eigenvalue weighted by Gasteiger charge is 2.22. The number of nitro groups is 1. The van der Waals surface area contributed by atoms with Crippen LogP contribution >= 0.6 is 0 Å². The molecule has 0 fully saturated rings. The number of aliphatic imine (C=N–C) groups is 1. The molecule has 9 heteroatoms. The average Bonchev–Trinajstić information content (AvgIpc) is 2.10. The third-order valence-electron chi connectivity index (χ3n) is 1.59. The molecule has 15 heavy (non-hydrogen) atoms. The molecule has 0 aromatic heterocycles. The number of aliphatic carboxylic acids is 1. The van der Waals surface area contributed by atoms with Crippen LogP contribution < -0.4 is 17.2 Å². The minimum atomic E-state index is -1.35. The van der Waals surface area contributed by atoms with Crippen LogP contribution in [0.3, 0.4) is 0 Å². The van der Waals surface area contributed by atoms with Gasteiger partial charge in [0.05, 0.1) is 0 Å². The number of hydrogen-bond acceptors (Lipinski definition) is 5. The molecule has 0 heterocycles. The molecule has 0 aromatic rings. The van der Waals surface area contributed by atoms with Crippen LogP contribution in [0.4, 0.5) is 0 Å². The van der Waals surface area contributed by atoms with Gasteiger partial charge in [-0.05, 0) is 6.42 Å². The van der Waals surface area contributed by atoms with Gasteiger partial charge in [0.25, 0.3) is 0 Å². The first-order valence-corrected chi connectivity index (χ1v) is 4.05. The van der Waals surface area contributed by atoms with E-state index in [-0.39, 0.29) is 12.8 Å². The van der Waals surface area contributed by atoms with Gasteiger partial charge in [0, 0.05) is 11.3 Å². The summed E-state index contributed by atoms with van der Waals surface area (Å²) in [5.41, 5.74) is 15.1. The van der Waals surface area contributed by atoms with Crippen molar-refractivity contribution in [3.63, 3.8) is 0 Å². The summed E-state index contributed by atoms with van der Waals surface area (Å²) in [7, 11) is 0. The predicted molar refractivity (Wildman–Crippen MR) is 51.4 cm³/mol. The van der Waals surface area contributed by atoms with E-state index in [0.29, 0.717) is 0 Å². The Kier molecular flexibility index (Phi) is 5.02. The number of carboxylic acids is 1. The topological polar surface area (TPSA) is 171 Å². The second kappa shape index (κ2) is 5.75. The molecule has 0 saturated carbocycles. The quantitative estimate of drug-likeness (QED) is 0.174. The maximum Gasteiger partial charge on any atom is 0.320 e. The Balaban J connectivity index is 4.26. The SMILES string of the molecule is NC(N)=NC(CC[C@H](N)C(=O)O)[N+](=O)[O-]. The van der Waals surface area contributed by atoms with Gasteiger partial charge in [-0.1, -0.05) is 0 Å². The standard InChI is InChI=1S/C6H13N5O4/c7-3(5(12)13)1-2-4(11(14)15)10-6(8)9/h3-4H,1-2,7H2,(H,12,13)(H4,8,9,10)/t3-,4?/m0/s1. The molecule has 0 amide bonds. The predicted octanol–water partition coefficient (Wildman–Crippen LogP) is -1.95. The van der Waals surface area contributed by atoms with Crippen molar-refractivity contribution in [3.8, 4) is 0 Å². The summed E-state index contributed by atoms with van der Waals surface area (Å²) in [5.74, 6) is -1.64. The maximum absolute atomic E-state index is 10.4. The highest BCUT2D eigenvalue weighted by Crippen LogP contribution is 2.05. The fraction of sp³-hybridized carbons (Fsp3) is 0.667. The minimum Gasteiger partial charge on any atom is -0.480 e. The van der Waals surface area contributed by atoms with Gasteiger partial charge < -0.3 is 22.3 Å². The zero-order chi connectivity index (χ0) is 12.0. The molecule has 7 N–H and O–H groups in total. The van der Waals surface area contributed by atoms with Crippen molar-refractivity contribution in [2.24, 2.45) is 22.2 Å². The van der Waals surface area contributed by atoms with Crippen LogP contribution in [-0.2, 0) is 4.79 Å². The van der Waals surface area contributed by atoms with Gasteiger partial charge in [-0.2, -0.15) is 4.99 Å². The first-order chi connectivity index (χ1) is 6.84. The van der Waals surface area contributed by atoms with E-state index in [1.54, 1.807) is 0 Å². The Morgan fingerprint density at radius 2 is 2.00 bits per heavy atom. The van der Waals surface area contributed by atoms with Crippen molar-refractivity contribution in [2.75, 3.05) is 0 Å². The Hall–Kier alpha value is -1.90. The number of carboxylic acid groups (broad SMARTS) is 1. The van der Waals surface area contributed by atoms with Gasteiger partial charge in [-0.15, -0.1) is 0 Å². The van der Waals surface area contributed by atoms with Crippen LogP contribution in [0.2, 0.25) is 0 Å². The zero-order valence-corrected chi connectivity index (χ0v) is 7.87. The molecule has 0 radical (unpaired) electrons. The van der Waals surface area contributed by atoms with Crippen molar-refractivity contribution in [3.05, 3.63) is 10.1 Å².